The van der Waals surface area contributed by atoms with Crippen molar-refractivity contribution in [3.05, 3.63) is 46.8 Å². The lowest BCUT2D eigenvalue weighted by Gasteiger charge is -2.38. The van der Waals surface area contributed by atoms with Crippen molar-refractivity contribution >= 4 is 27.7 Å². The number of aromatic nitrogens is 2. The molecule has 156 valence electrons. The Kier molecular flexibility index (Phi) is 4.73. The number of nitriles is 1. The normalized spacial score (nSPS) is 16.6. The summed E-state index contributed by atoms with van der Waals surface area (Å²) < 4.78 is 49.2. The summed E-state index contributed by atoms with van der Waals surface area (Å²) in [5, 5.41) is 11.5. The molecule has 4 heterocycles. The number of ether oxygens (including phenoxy) is 1. The monoisotopic (exact) mass is 431 g/mol. The highest BCUT2D eigenvalue weighted by Crippen LogP contribution is 2.33. The number of hydrogen-bond donors (Lipinski definition) is 2. The zero-order valence-electron chi connectivity index (χ0n) is 16.2. The van der Waals surface area contributed by atoms with Gasteiger partial charge in [0.15, 0.2) is 0 Å². The van der Waals surface area contributed by atoms with Gasteiger partial charge < -0.3 is 14.6 Å². The van der Waals surface area contributed by atoms with Crippen LogP contribution in [0, 0.1) is 24.2 Å². The van der Waals surface area contributed by atoms with Crippen LogP contribution in [-0.4, -0.2) is 42.6 Å². The summed E-state index contributed by atoms with van der Waals surface area (Å²) >= 11 is 0. The number of fused-ring (bicyclic) bond motifs is 1. The van der Waals surface area contributed by atoms with E-state index in [1.807, 2.05) is 0 Å². The number of sulfonamides is 1. The smallest absolute Gasteiger partial charge is 0.272 e. The zero-order chi connectivity index (χ0) is 21.7. The van der Waals surface area contributed by atoms with E-state index < -0.39 is 27.4 Å². The van der Waals surface area contributed by atoms with Crippen LogP contribution >= 0.6 is 0 Å². The first-order chi connectivity index (χ1) is 14.1. The standard InChI is InChI=1S/C19H18FN5O4S/c1-11-16(18(26)23-12-6-13(8-21)22-15(20)7-12)25-5-3-4-14(25)17(11)30(27,28)24-19(2)9-29-10-19/h3-4,6-7,24H,5,9-10H2,1-2H3,(H,22,23,26). The van der Waals surface area contributed by atoms with Crippen molar-refractivity contribution in [1.29, 1.82) is 5.26 Å². The van der Waals surface area contributed by atoms with Crippen LogP contribution in [0.15, 0.2) is 23.1 Å². The van der Waals surface area contributed by atoms with E-state index in [2.05, 4.69) is 15.0 Å². The summed E-state index contributed by atoms with van der Waals surface area (Å²) in [5.41, 5.74) is -0.0290. The predicted octanol–water partition coefficient (Wildman–Crippen LogP) is 1.55. The van der Waals surface area contributed by atoms with Gasteiger partial charge in [0.2, 0.25) is 16.0 Å². The van der Waals surface area contributed by atoms with Crippen LogP contribution < -0.4 is 10.0 Å². The Balaban J connectivity index is 1.72. The maximum Gasteiger partial charge on any atom is 0.272 e. The van der Waals surface area contributed by atoms with E-state index in [0.717, 1.165) is 6.07 Å². The van der Waals surface area contributed by atoms with Gasteiger partial charge in [0.1, 0.15) is 22.4 Å². The van der Waals surface area contributed by atoms with Crippen LogP contribution in [0.1, 0.15) is 34.4 Å². The number of carbonyl (C=O) groups is 1. The molecular formula is C19H18FN5O4S. The van der Waals surface area contributed by atoms with Gasteiger partial charge in [0.25, 0.3) is 5.91 Å². The molecular weight excluding hydrogens is 413 g/mol. The summed E-state index contributed by atoms with van der Waals surface area (Å²) in [7, 11) is -3.93. The predicted molar refractivity (Wildman–Crippen MR) is 105 cm³/mol. The Labute approximate surface area is 172 Å². The van der Waals surface area contributed by atoms with E-state index in [-0.39, 0.29) is 40.7 Å². The minimum atomic E-state index is -3.93. The molecule has 0 bridgehead atoms. The van der Waals surface area contributed by atoms with Gasteiger partial charge in [-0.25, -0.2) is 18.1 Å². The third-order valence-corrected chi connectivity index (χ3v) is 6.74. The summed E-state index contributed by atoms with van der Waals surface area (Å²) in [5.74, 6) is -1.53. The number of rotatable bonds is 5. The van der Waals surface area contributed by atoms with Gasteiger partial charge in [-0.3, -0.25) is 4.79 Å². The van der Waals surface area contributed by atoms with Gasteiger partial charge in [0.05, 0.1) is 24.4 Å². The highest BCUT2D eigenvalue weighted by molar-refractivity contribution is 7.89. The van der Waals surface area contributed by atoms with Crippen LogP contribution in [0.3, 0.4) is 0 Å². The highest BCUT2D eigenvalue weighted by Gasteiger charge is 2.41. The number of nitrogens with one attached hydrogen (secondary N) is 2. The van der Waals surface area contributed by atoms with Crippen LogP contribution in [0.5, 0.6) is 0 Å². The molecule has 0 aliphatic carbocycles. The molecule has 0 radical (unpaired) electrons. The zero-order valence-corrected chi connectivity index (χ0v) is 17.0. The average molecular weight is 431 g/mol. The number of carbonyl (C=O) groups excluding carboxylic acids is 1. The quantitative estimate of drug-likeness (QED) is 0.692. The van der Waals surface area contributed by atoms with Crippen molar-refractivity contribution in [3.63, 3.8) is 0 Å². The van der Waals surface area contributed by atoms with Gasteiger partial charge in [-0.2, -0.15) is 9.65 Å². The summed E-state index contributed by atoms with van der Waals surface area (Å²) in [6, 6.07) is 3.93. The Morgan fingerprint density at radius 1 is 1.40 bits per heavy atom. The van der Waals surface area contributed by atoms with Gasteiger partial charge in [-0.1, -0.05) is 6.08 Å². The molecule has 2 aliphatic heterocycles. The van der Waals surface area contributed by atoms with E-state index in [9.17, 15) is 17.6 Å². The number of halogens is 1. The minimum Gasteiger partial charge on any atom is -0.377 e. The van der Waals surface area contributed by atoms with Crippen LogP contribution in [0.25, 0.3) is 6.08 Å². The Morgan fingerprint density at radius 3 is 2.77 bits per heavy atom. The maximum atomic E-state index is 13.6. The van der Waals surface area contributed by atoms with Crippen molar-refractivity contribution < 1.29 is 22.3 Å². The van der Waals surface area contributed by atoms with Gasteiger partial charge >= 0.3 is 0 Å². The maximum absolute atomic E-state index is 13.6. The first-order valence-electron chi connectivity index (χ1n) is 9.04. The molecule has 0 atom stereocenters. The van der Waals surface area contributed by atoms with E-state index in [1.54, 1.807) is 36.6 Å². The number of allylic oxidation sites excluding steroid dienone is 1. The van der Waals surface area contributed by atoms with Crippen molar-refractivity contribution in [2.45, 2.75) is 30.8 Å². The summed E-state index contributed by atoms with van der Waals surface area (Å²) in [6.07, 6.45) is 3.40. The van der Waals surface area contributed by atoms with Crippen LogP contribution in [-0.2, 0) is 21.3 Å². The number of pyridine rings is 1. The minimum absolute atomic E-state index is 0.0214. The Hall–Kier alpha value is -3.07. The fourth-order valence-corrected chi connectivity index (χ4v) is 5.48. The lowest BCUT2D eigenvalue weighted by atomic mass is 10.0. The van der Waals surface area contributed by atoms with E-state index in [4.69, 9.17) is 10.00 Å². The highest BCUT2D eigenvalue weighted by atomic mass is 32.2. The van der Waals surface area contributed by atoms with E-state index in [0.29, 0.717) is 12.2 Å². The fraction of sp³-hybridized carbons (Fsp3) is 0.316. The van der Waals surface area contributed by atoms with Crippen molar-refractivity contribution in [2.75, 3.05) is 18.5 Å². The molecule has 4 rings (SSSR count). The number of anilines is 1. The second-order valence-electron chi connectivity index (χ2n) is 7.49. The van der Waals surface area contributed by atoms with Gasteiger partial charge in [-0.05, 0) is 26.0 Å². The van der Waals surface area contributed by atoms with Crippen molar-refractivity contribution in [3.8, 4) is 6.07 Å². The molecule has 2 aromatic heterocycles. The molecule has 0 saturated carbocycles. The first-order valence-corrected chi connectivity index (χ1v) is 10.5. The molecule has 2 aliphatic rings. The second-order valence-corrected chi connectivity index (χ2v) is 9.11. The molecule has 30 heavy (non-hydrogen) atoms. The fourth-order valence-electron chi connectivity index (χ4n) is 3.66. The second kappa shape index (κ2) is 7.02. The number of amides is 1. The SMILES string of the molecule is Cc1c(S(=O)(=O)NC2(C)COC2)c2n(c1C(=O)Nc1cc(F)nc(C#N)c1)CC=C2. The van der Waals surface area contributed by atoms with Gasteiger partial charge in [-0.15, -0.1) is 0 Å². The molecule has 2 N–H and O–H groups in total. The Bertz CT molecular complexity index is 1240. The first kappa shape index (κ1) is 20.2. The number of hydrogen-bond acceptors (Lipinski definition) is 6. The lowest BCUT2D eigenvalue weighted by molar-refractivity contribution is -0.0523. The lowest BCUT2D eigenvalue weighted by Crippen LogP contribution is -2.59. The summed E-state index contributed by atoms with van der Waals surface area (Å²) in [4.78, 5) is 16.4. The summed E-state index contributed by atoms with van der Waals surface area (Å²) in [6.45, 7) is 4.14. The molecule has 1 amide bonds. The Morgan fingerprint density at radius 2 is 2.13 bits per heavy atom. The molecule has 0 spiro atoms. The third kappa shape index (κ3) is 3.39. The average Bonchev–Trinajstić information content (AvgIpc) is 3.18. The van der Waals surface area contributed by atoms with Gasteiger partial charge in [0, 0.05) is 23.9 Å². The molecule has 9 nitrogen and oxygen atoms in total. The molecule has 1 saturated heterocycles. The van der Waals surface area contributed by atoms with Crippen LogP contribution in [0.4, 0.5) is 10.1 Å². The largest absolute Gasteiger partial charge is 0.377 e. The molecule has 11 heteroatoms. The molecule has 2 aromatic rings. The molecule has 0 unspecified atom stereocenters. The van der Waals surface area contributed by atoms with Crippen molar-refractivity contribution in [1.82, 2.24) is 14.3 Å². The third-order valence-electron chi connectivity index (χ3n) is 4.93. The van der Waals surface area contributed by atoms with Crippen LogP contribution in [0.2, 0.25) is 0 Å². The van der Waals surface area contributed by atoms with Crippen molar-refractivity contribution in [2.24, 2.45) is 0 Å². The molecule has 0 aromatic carbocycles. The topological polar surface area (TPSA) is 126 Å². The molecule has 1 fully saturated rings. The van der Waals surface area contributed by atoms with E-state index >= 15 is 0 Å². The number of nitrogens with zero attached hydrogens (tertiary/aromatic N) is 3. The van der Waals surface area contributed by atoms with E-state index in [1.165, 1.54) is 6.07 Å².